The molecule has 0 bridgehead atoms. The average molecular weight is 221 g/mol. The van der Waals surface area contributed by atoms with Crippen LogP contribution in [0, 0.1) is 18.8 Å². The molecule has 0 aliphatic heterocycles. The highest BCUT2D eigenvalue weighted by atomic mass is 35.5. The summed E-state index contributed by atoms with van der Waals surface area (Å²) in [6, 6.07) is 3.53. The van der Waals surface area contributed by atoms with Crippen LogP contribution in [0.2, 0.25) is 5.15 Å². The lowest BCUT2D eigenvalue weighted by molar-refractivity contribution is 1.01. The molecule has 0 aliphatic carbocycles. The predicted octanol–water partition coefficient (Wildman–Crippen LogP) is 3.10. The van der Waals surface area contributed by atoms with Crippen molar-refractivity contribution in [3.8, 4) is 11.8 Å². The van der Waals surface area contributed by atoms with E-state index in [1.807, 2.05) is 13.0 Å². The molecule has 0 amide bonds. The minimum absolute atomic E-state index is 0.392. The zero-order valence-electron chi connectivity index (χ0n) is 8.24. The summed E-state index contributed by atoms with van der Waals surface area (Å²) in [6.45, 7) is 2.24. The summed E-state index contributed by atoms with van der Waals surface area (Å²) in [5.41, 5.74) is 9.69. The Bertz CT molecular complexity index is 452. The van der Waals surface area contributed by atoms with Gasteiger partial charge in [0.2, 0.25) is 0 Å². The molecule has 0 saturated carbocycles. The van der Waals surface area contributed by atoms with Gasteiger partial charge in [-0.1, -0.05) is 28.6 Å². The van der Waals surface area contributed by atoms with Gasteiger partial charge in [0.15, 0.2) is 0 Å². The lowest BCUT2D eigenvalue weighted by Crippen LogP contribution is -1.87. The van der Waals surface area contributed by atoms with Crippen molar-refractivity contribution in [1.29, 1.82) is 0 Å². The second-order valence-corrected chi connectivity index (χ2v) is 3.16. The van der Waals surface area contributed by atoms with E-state index in [2.05, 4.69) is 26.9 Å². The number of nitrogens with zero attached hydrogens (tertiary/aromatic N) is 4. The van der Waals surface area contributed by atoms with Crippen molar-refractivity contribution in [3.63, 3.8) is 0 Å². The zero-order chi connectivity index (χ0) is 11.1. The van der Waals surface area contributed by atoms with Crippen molar-refractivity contribution in [1.82, 2.24) is 4.98 Å². The largest absolute Gasteiger partial charge is 0.240 e. The maximum atomic E-state index is 8.04. The lowest BCUT2D eigenvalue weighted by Gasteiger charge is -1.96. The van der Waals surface area contributed by atoms with Gasteiger partial charge in [-0.15, -0.1) is 0 Å². The van der Waals surface area contributed by atoms with E-state index in [0.717, 1.165) is 11.3 Å². The third kappa shape index (κ3) is 3.90. The van der Waals surface area contributed by atoms with Crippen LogP contribution in [0.1, 0.15) is 17.7 Å². The monoisotopic (exact) mass is 220 g/mol. The summed E-state index contributed by atoms with van der Waals surface area (Å²) < 4.78 is 0. The Morgan fingerprint density at radius 2 is 2.40 bits per heavy atom. The Morgan fingerprint density at radius 1 is 1.60 bits per heavy atom. The number of azide groups is 1. The summed E-state index contributed by atoms with van der Waals surface area (Å²) in [5, 5.41) is 3.85. The second-order valence-electron chi connectivity index (χ2n) is 2.77. The molecule has 15 heavy (non-hydrogen) atoms. The normalized spacial score (nSPS) is 8.67. The molecule has 0 atom stereocenters. The van der Waals surface area contributed by atoms with Crippen molar-refractivity contribution in [2.75, 3.05) is 6.54 Å². The summed E-state index contributed by atoms with van der Waals surface area (Å²) in [5.74, 6) is 5.84. The minimum atomic E-state index is 0.392. The molecule has 1 heterocycles. The van der Waals surface area contributed by atoms with Gasteiger partial charge in [-0.05, 0) is 24.6 Å². The molecule has 4 nitrogen and oxygen atoms in total. The first-order chi connectivity index (χ1) is 7.24. The molecule has 0 aromatic carbocycles. The maximum absolute atomic E-state index is 8.04. The molecule has 0 radical (unpaired) electrons. The number of aryl methyl sites for hydroxylation is 1. The van der Waals surface area contributed by atoms with Gasteiger partial charge in [0.05, 0.1) is 5.69 Å². The second kappa shape index (κ2) is 5.92. The SMILES string of the molecule is Cc1nc(Cl)ccc1C#CCCN=[N+]=[N-]. The van der Waals surface area contributed by atoms with Gasteiger partial charge >= 0.3 is 0 Å². The van der Waals surface area contributed by atoms with Gasteiger partial charge in [0, 0.05) is 23.4 Å². The maximum Gasteiger partial charge on any atom is 0.129 e. The third-order valence-corrected chi connectivity index (χ3v) is 1.89. The van der Waals surface area contributed by atoms with E-state index in [1.165, 1.54) is 0 Å². The van der Waals surface area contributed by atoms with E-state index in [1.54, 1.807) is 6.07 Å². The number of aromatic nitrogens is 1. The van der Waals surface area contributed by atoms with Crippen LogP contribution in [-0.2, 0) is 0 Å². The molecule has 0 aliphatic rings. The highest BCUT2D eigenvalue weighted by Crippen LogP contribution is 2.09. The average Bonchev–Trinajstić information content (AvgIpc) is 2.20. The van der Waals surface area contributed by atoms with Crippen molar-refractivity contribution < 1.29 is 0 Å². The Morgan fingerprint density at radius 3 is 3.07 bits per heavy atom. The lowest BCUT2D eigenvalue weighted by atomic mass is 10.2. The van der Waals surface area contributed by atoms with E-state index in [9.17, 15) is 0 Å². The molecule has 0 N–H and O–H groups in total. The molecule has 0 spiro atoms. The van der Waals surface area contributed by atoms with Crippen LogP contribution in [0.3, 0.4) is 0 Å². The quantitative estimate of drug-likeness (QED) is 0.189. The number of halogens is 1. The van der Waals surface area contributed by atoms with Crippen molar-refractivity contribution in [2.24, 2.45) is 5.11 Å². The van der Waals surface area contributed by atoms with Gasteiger partial charge in [-0.25, -0.2) is 4.98 Å². The Labute approximate surface area is 92.9 Å². The number of rotatable bonds is 2. The van der Waals surface area contributed by atoms with E-state index in [0.29, 0.717) is 18.1 Å². The standard InChI is InChI=1S/C10H9ClN4/c1-8-9(5-6-10(11)14-8)4-2-3-7-13-15-12/h5-6H,3,7H2,1H3. The van der Waals surface area contributed by atoms with Crippen LogP contribution in [0.25, 0.3) is 10.4 Å². The highest BCUT2D eigenvalue weighted by molar-refractivity contribution is 6.29. The summed E-state index contributed by atoms with van der Waals surface area (Å²) in [4.78, 5) is 6.71. The smallest absolute Gasteiger partial charge is 0.129 e. The zero-order valence-corrected chi connectivity index (χ0v) is 8.99. The first-order valence-electron chi connectivity index (χ1n) is 4.37. The number of hydrogen-bond acceptors (Lipinski definition) is 2. The van der Waals surface area contributed by atoms with Gasteiger partial charge in [-0.3, -0.25) is 0 Å². The molecule has 5 heteroatoms. The van der Waals surface area contributed by atoms with Gasteiger partial charge in [0.1, 0.15) is 5.15 Å². The third-order valence-electron chi connectivity index (χ3n) is 1.67. The van der Waals surface area contributed by atoms with Crippen LogP contribution in [0.15, 0.2) is 17.2 Å². The van der Waals surface area contributed by atoms with Crippen LogP contribution >= 0.6 is 11.6 Å². The van der Waals surface area contributed by atoms with E-state index >= 15 is 0 Å². The highest BCUT2D eigenvalue weighted by Gasteiger charge is 1.95. The molecular weight excluding hydrogens is 212 g/mol. The molecule has 1 rings (SSSR count). The first kappa shape index (κ1) is 11.4. The van der Waals surface area contributed by atoms with Crippen LogP contribution < -0.4 is 0 Å². The Kier molecular flexibility index (Phi) is 4.49. The van der Waals surface area contributed by atoms with E-state index in [4.69, 9.17) is 17.1 Å². The summed E-state index contributed by atoms with van der Waals surface area (Å²) in [6.07, 6.45) is 0.548. The van der Waals surface area contributed by atoms with Gasteiger partial charge in [-0.2, -0.15) is 0 Å². The van der Waals surface area contributed by atoms with E-state index < -0.39 is 0 Å². The van der Waals surface area contributed by atoms with Gasteiger partial charge < -0.3 is 0 Å². The Balaban J connectivity index is 2.67. The van der Waals surface area contributed by atoms with Crippen molar-refractivity contribution in [3.05, 3.63) is 39.0 Å². The summed E-state index contributed by atoms with van der Waals surface area (Å²) in [7, 11) is 0. The fourth-order valence-electron chi connectivity index (χ4n) is 0.971. The number of pyridine rings is 1. The fourth-order valence-corrected chi connectivity index (χ4v) is 1.16. The van der Waals surface area contributed by atoms with Crippen LogP contribution in [-0.4, -0.2) is 11.5 Å². The van der Waals surface area contributed by atoms with E-state index in [-0.39, 0.29) is 0 Å². The van der Waals surface area contributed by atoms with Crippen molar-refractivity contribution in [2.45, 2.75) is 13.3 Å². The fraction of sp³-hybridized carbons (Fsp3) is 0.300. The minimum Gasteiger partial charge on any atom is -0.240 e. The molecule has 0 saturated heterocycles. The number of hydrogen-bond donors (Lipinski definition) is 0. The molecule has 76 valence electrons. The van der Waals surface area contributed by atoms with Crippen molar-refractivity contribution >= 4 is 11.6 Å². The van der Waals surface area contributed by atoms with Gasteiger partial charge in [0.25, 0.3) is 0 Å². The summed E-state index contributed by atoms with van der Waals surface area (Å²) >= 11 is 5.71. The molecule has 0 unspecified atom stereocenters. The van der Waals surface area contributed by atoms with Crippen LogP contribution in [0.5, 0.6) is 0 Å². The molecule has 1 aromatic rings. The topological polar surface area (TPSA) is 61.7 Å². The Hall–Kier alpha value is -1.69. The first-order valence-corrected chi connectivity index (χ1v) is 4.74. The predicted molar refractivity (Wildman–Crippen MR) is 59.5 cm³/mol. The van der Waals surface area contributed by atoms with Crippen LogP contribution in [0.4, 0.5) is 0 Å². The molecular formula is C10H9ClN4. The molecule has 0 fully saturated rings. The molecule has 1 aromatic heterocycles.